The first-order chi connectivity index (χ1) is 14.5. The number of ether oxygens (including phenoxy) is 2. The maximum atomic E-state index is 15.3. The van der Waals surface area contributed by atoms with Gasteiger partial charge in [-0.05, 0) is 24.5 Å². The number of benzene rings is 2. The summed E-state index contributed by atoms with van der Waals surface area (Å²) in [7, 11) is 0. The number of ketones is 1. The Morgan fingerprint density at radius 2 is 1.70 bits per heavy atom. The highest BCUT2D eigenvalue weighted by atomic mass is 19.1. The van der Waals surface area contributed by atoms with Crippen molar-refractivity contribution in [2.24, 2.45) is 0 Å². The predicted molar refractivity (Wildman–Crippen MR) is 107 cm³/mol. The number of nitrogens with zero attached hydrogens (tertiary/aromatic N) is 1. The molecular weight excluding hydrogens is 389 g/mol. The molecule has 1 unspecified atom stereocenters. The summed E-state index contributed by atoms with van der Waals surface area (Å²) in [6.07, 6.45) is -1.16. The van der Waals surface area contributed by atoms with Gasteiger partial charge in [-0.1, -0.05) is 60.7 Å². The monoisotopic (exact) mass is 413 g/mol. The molecule has 2 aromatic rings. The number of carbonyl (C=O) groups excluding carboxylic acids is 3. The molecule has 2 atom stereocenters. The highest BCUT2D eigenvalue weighted by molar-refractivity contribution is 6.38. The van der Waals surface area contributed by atoms with Crippen LogP contribution in [-0.2, 0) is 30.5 Å². The molecule has 1 fully saturated rings. The zero-order chi connectivity index (χ0) is 21.6. The minimum atomic E-state index is -2.64. The van der Waals surface area contributed by atoms with Crippen molar-refractivity contribution in [3.05, 3.63) is 71.8 Å². The molecule has 0 saturated carbocycles. The molecule has 0 spiro atoms. The summed E-state index contributed by atoms with van der Waals surface area (Å²) in [6, 6.07) is 17.8. The Kier molecular flexibility index (Phi) is 6.95. The highest BCUT2D eigenvalue weighted by Crippen LogP contribution is 2.34. The number of halogens is 1. The van der Waals surface area contributed by atoms with Crippen LogP contribution in [0.25, 0.3) is 0 Å². The second kappa shape index (κ2) is 9.63. The molecule has 158 valence electrons. The fraction of sp³-hybridized carbons (Fsp3) is 0.348. The first kappa shape index (κ1) is 21.6. The summed E-state index contributed by atoms with van der Waals surface area (Å²) in [5.41, 5.74) is 1.30. The number of alkyl halides is 1. The van der Waals surface area contributed by atoms with Crippen LogP contribution < -0.4 is 0 Å². The number of hydrogen-bond acceptors (Lipinski definition) is 5. The van der Waals surface area contributed by atoms with Crippen LogP contribution in [0.15, 0.2) is 60.7 Å². The second-order valence-corrected chi connectivity index (χ2v) is 6.99. The van der Waals surface area contributed by atoms with Crippen LogP contribution in [0.1, 0.15) is 37.0 Å². The van der Waals surface area contributed by atoms with E-state index in [2.05, 4.69) is 0 Å². The summed E-state index contributed by atoms with van der Waals surface area (Å²) in [4.78, 5) is 38.8. The number of hydrogen-bond donors (Lipinski definition) is 0. The van der Waals surface area contributed by atoms with E-state index in [0.717, 1.165) is 5.56 Å². The Morgan fingerprint density at radius 1 is 1.07 bits per heavy atom. The number of carbonyl (C=O) groups is 3. The lowest BCUT2D eigenvalue weighted by Crippen LogP contribution is -2.53. The van der Waals surface area contributed by atoms with Crippen LogP contribution in [0.2, 0.25) is 0 Å². The highest BCUT2D eigenvalue weighted by Gasteiger charge is 2.53. The molecule has 0 bridgehead atoms. The SMILES string of the molecule is CCOC(=O)[C@]1(F)CCCN1C(=O)C(=O)C(OCc1ccccc1)c1ccccc1. The molecule has 0 aromatic heterocycles. The molecule has 1 aliphatic rings. The van der Waals surface area contributed by atoms with Crippen molar-refractivity contribution in [2.75, 3.05) is 13.2 Å². The van der Waals surface area contributed by atoms with Crippen LogP contribution in [-0.4, -0.2) is 41.5 Å². The summed E-state index contributed by atoms with van der Waals surface area (Å²) in [5.74, 6) is -5.80. The van der Waals surface area contributed by atoms with Gasteiger partial charge in [0.2, 0.25) is 0 Å². The van der Waals surface area contributed by atoms with Gasteiger partial charge in [0.1, 0.15) is 0 Å². The summed E-state index contributed by atoms with van der Waals surface area (Å²) < 4.78 is 25.9. The molecular formula is C23H24FNO5. The third-order valence-corrected chi connectivity index (χ3v) is 4.96. The number of esters is 1. The van der Waals surface area contributed by atoms with Crippen LogP contribution >= 0.6 is 0 Å². The first-order valence-corrected chi connectivity index (χ1v) is 9.89. The van der Waals surface area contributed by atoms with E-state index in [4.69, 9.17) is 9.47 Å². The van der Waals surface area contributed by atoms with Gasteiger partial charge in [-0.2, -0.15) is 0 Å². The van der Waals surface area contributed by atoms with Crippen LogP contribution in [0.5, 0.6) is 0 Å². The van der Waals surface area contributed by atoms with E-state index in [1.54, 1.807) is 37.3 Å². The standard InChI is InChI=1S/C23H24FNO5/c1-2-29-22(28)23(24)14-9-15-25(23)21(27)19(26)20(18-12-7-4-8-13-18)30-16-17-10-5-3-6-11-17/h3-8,10-13,20H,2,9,14-16H2,1H3/t20?,23-/m0/s1. The van der Waals surface area contributed by atoms with Gasteiger partial charge >= 0.3 is 5.97 Å². The molecule has 6 nitrogen and oxygen atoms in total. The smallest absolute Gasteiger partial charge is 0.365 e. The second-order valence-electron chi connectivity index (χ2n) is 6.99. The largest absolute Gasteiger partial charge is 0.462 e. The van der Waals surface area contributed by atoms with Gasteiger partial charge in [0, 0.05) is 13.0 Å². The van der Waals surface area contributed by atoms with E-state index < -0.39 is 29.6 Å². The van der Waals surface area contributed by atoms with Crippen molar-refractivity contribution in [2.45, 2.75) is 38.3 Å². The maximum Gasteiger partial charge on any atom is 0.365 e. The number of rotatable bonds is 8. The van der Waals surface area contributed by atoms with Crippen molar-refractivity contribution in [3.8, 4) is 0 Å². The van der Waals surface area contributed by atoms with E-state index in [-0.39, 0.29) is 32.6 Å². The van der Waals surface area contributed by atoms with E-state index >= 15 is 4.39 Å². The minimum Gasteiger partial charge on any atom is -0.462 e. The molecule has 7 heteroatoms. The Bertz CT molecular complexity index is 889. The number of likely N-dealkylation sites (tertiary alicyclic amines) is 1. The van der Waals surface area contributed by atoms with Gasteiger partial charge in [0.15, 0.2) is 6.10 Å². The summed E-state index contributed by atoms with van der Waals surface area (Å²) in [6.45, 7) is 1.59. The first-order valence-electron chi connectivity index (χ1n) is 9.89. The van der Waals surface area contributed by atoms with Crippen molar-refractivity contribution >= 4 is 17.7 Å². The molecule has 2 aromatic carbocycles. The molecule has 1 amide bonds. The average molecular weight is 413 g/mol. The number of amides is 1. The van der Waals surface area contributed by atoms with Gasteiger partial charge in [-0.3, -0.25) is 14.5 Å². The third-order valence-electron chi connectivity index (χ3n) is 4.96. The molecule has 0 N–H and O–H groups in total. The van der Waals surface area contributed by atoms with Crippen molar-refractivity contribution in [1.29, 1.82) is 0 Å². The predicted octanol–water partition coefficient (Wildman–Crippen LogP) is 3.36. The molecule has 1 heterocycles. The Morgan fingerprint density at radius 3 is 2.33 bits per heavy atom. The number of Topliss-reactive ketones (excluding diaryl/α,β-unsaturated/α-hetero) is 1. The van der Waals surface area contributed by atoms with Gasteiger partial charge in [0.25, 0.3) is 17.5 Å². The van der Waals surface area contributed by atoms with E-state index in [0.29, 0.717) is 10.5 Å². The topological polar surface area (TPSA) is 72.9 Å². The molecule has 30 heavy (non-hydrogen) atoms. The molecule has 1 aliphatic heterocycles. The minimum absolute atomic E-state index is 0.0205. The normalized spacial score (nSPS) is 19.3. The van der Waals surface area contributed by atoms with Gasteiger partial charge in [-0.15, -0.1) is 0 Å². The lowest BCUT2D eigenvalue weighted by atomic mass is 10.0. The van der Waals surface area contributed by atoms with Gasteiger partial charge in [0.05, 0.1) is 13.2 Å². The van der Waals surface area contributed by atoms with E-state index in [9.17, 15) is 14.4 Å². The fourth-order valence-electron chi connectivity index (χ4n) is 3.45. The third kappa shape index (κ3) is 4.57. The maximum absolute atomic E-state index is 15.3. The van der Waals surface area contributed by atoms with E-state index in [1.807, 2.05) is 30.3 Å². The van der Waals surface area contributed by atoms with Crippen molar-refractivity contribution in [3.63, 3.8) is 0 Å². The average Bonchev–Trinajstić information content (AvgIpc) is 3.17. The molecule has 3 rings (SSSR count). The molecule has 1 saturated heterocycles. The lowest BCUT2D eigenvalue weighted by molar-refractivity contribution is -0.176. The van der Waals surface area contributed by atoms with Crippen LogP contribution in [0, 0.1) is 0 Å². The van der Waals surface area contributed by atoms with Crippen molar-refractivity contribution < 1.29 is 28.2 Å². The Labute approximate surface area is 174 Å². The lowest BCUT2D eigenvalue weighted by Gasteiger charge is -2.29. The van der Waals surface area contributed by atoms with Crippen LogP contribution in [0.3, 0.4) is 0 Å². The summed E-state index contributed by atoms with van der Waals surface area (Å²) >= 11 is 0. The Balaban J connectivity index is 1.83. The summed E-state index contributed by atoms with van der Waals surface area (Å²) in [5, 5.41) is 0. The van der Waals surface area contributed by atoms with E-state index in [1.165, 1.54) is 0 Å². The van der Waals surface area contributed by atoms with Gasteiger partial charge in [-0.25, -0.2) is 9.18 Å². The fourth-order valence-corrected chi connectivity index (χ4v) is 3.45. The molecule has 0 aliphatic carbocycles. The Hall–Kier alpha value is -3.06. The quantitative estimate of drug-likeness (QED) is 0.377. The van der Waals surface area contributed by atoms with Gasteiger partial charge < -0.3 is 9.47 Å². The molecule has 0 radical (unpaired) electrons. The zero-order valence-electron chi connectivity index (χ0n) is 16.8. The zero-order valence-corrected chi connectivity index (χ0v) is 16.8. The van der Waals surface area contributed by atoms with Crippen LogP contribution in [0.4, 0.5) is 4.39 Å². The van der Waals surface area contributed by atoms with Crippen molar-refractivity contribution in [1.82, 2.24) is 4.90 Å².